The van der Waals surface area contributed by atoms with Crippen LogP contribution in [0.25, 0.3) is 0 Å². The molecule has 1 aromatic rings. The van der Waals surface area contributed by atoms with Crippen LogP contribution in [0.4, 0.5) is 0 Å². The molecule has 0 heterocycles. The number of hydrogen-bond acceptors (Lipinski definition) is 3. The molecule has 14 heavy (non-hydrogen) atoms. The van der Waals surface area contributed by atoms with Crippen LogP contribution < -0.4 is 11.1 Å². The van der Waals surface area contributed by atoms with Gasteiger partial charge in [0.2, 0.25) is 0 Å². The van der Waals surface area contributed by atoms with Crippen LogP contribution in [0.2, 0.25) is 0 Å². The third-order valence-corrected chi connectivity index (χ3v) is 2.48. The summed E-state index contributed by atoms with van der Waals surface area (Å²) in [6.07, 6.45) is 0. The van der Waals surface area contributed by atoms with Gasteiger partial charge in [-0.15, -0.1) is 0 Å². The summed E-state index contributed by atoms with van der Waals surface area (Å²) in [4.78, 5) is 0. The van der Waals surface area contributed by atoms with E-state index in [1.54, 1.807) is 0 Å². The van der Waals surface area contributed by atoms with E-state index in [9.17, 15) is 0 Å². The molecule has 0 saturated heterocycles. The fraction of sp³-hybridized carbons (Fsp3) is 0.455. The van der Waals surface area contributed by atoms with Gasteiger partial charge in [0, 0.05) is 18.6 Å². The lowest BCUT2D eigenvalue weighted by Gasteiger charge is -2.24. The van der Waals surface area contributed by atoms with Gasteiger partial charge < -0.3 is 16.2 Å². The first-order valence-electron chi connectivity index (χ1n) is 4.86. The Labute approximate surface area is 84.9 Å². The second kappa shape index (κ2) is 5.75. The summed E-state index contributed by atoms with van der Waals surface area (Å²) in [5.74, 6) is 0.0717. The first-order valence-corrected chi connectivity index (χ1v) is 4.86. The highest BCUT2D eigenvalue weighted by molar-refractivity contribution is 5.19. The Balaban J connectivity index is 2.81. The molecule has 1 aromatic carbocycles. The lowest BCUT2D eigenvalue weighted by atomic mass is 9.94. The van der Waals surface area contributed by atoms with E-state index in [4.69, 9.17) is 10.8 Å². The maximum absolute atomic E-state index is 9.17. The summed E-state index contributed by atoms with van der Waals surface area (Å²) in [7, 11) is 1.88. The van der Waals surface area contributed by atoms with Gasteiger partial charge >= 0.3 is 0 Å². The molecule has 0 fully saturated rings. The Morgan fingerprint density at radius 3 is 2.43 bits per heavy atom. The fourth-order valence-electron chi connectivity index (χ4n) is 1.65. The summed E-state index contributed by atoms with van der Waals surface area (Å²) in [5, 5.41) is 12.3. The van der Waals surface area contributed by atoms with Crippen LogP contribution in [-0.2, 0) is 0 Å². The normalized spacial score (nSPS) is 15.1. The van der Waals surface area contributed by atoms with Gasteiger partial charge in [-0.2, -0.15) is 0 Å². The summed E-state index contributed by atoms with van der Waals surface area (Å²) in [6, 6.07) is 10.2. The largest absolute Gasteiger partial charge is 0.396 e. The van der Waals surface area contributed by atoms with Gasteiger partial charge in [-0.05, 0) is 19.2 Å². The van der Waals surface area contributed by atoms with Crippen LogP contribution in [0.15, 0.2) is 30.3 Å². The number of hydrogen-bond donors (Lipinski definition) is 3. The summed E-state index contributed by atoms with van der Waals surface area (Å²) in [6.45, 7) is 0.591. The highest BCUT2D eigenvalue weighted by Crippen LogP contribution is 2.20. The van der Waals surface area contributed by atoms with Crippen molar-refractivity contribution in [3.63, 3.8) is 0 Å². The van der Waals surface area contributed by atoms with Crippen molar-refractivity contribution in [1.82, 2.24) is 5.32 Å². The van der Waals surface area contributed by atoms with Crippen LogP contribution in [-0.4, -0.2) is 25.3 Å². The molecule has 0 unspecified atom stereocenters. The molecule has 0 aliphatic rings. The molecule has 0 aliphatic heterocycles. The molecule has 0 aromatic heterocycles. The van der Waals surface area contributed by atoms with E-state index in [1.165, 1.54) is 5.56 Å². The zero-order valence-corrected chi connectivity index (χ0v) is 8.48. The lowest BCUT2D eigenvalue weighted by Crippen LogP contribution is -2.32. The zero-order valence-electron chi connectivity index (χ0n) is 8.48. The topological polar surface area (TPSA) is 58.3 Å². The second-order valence-corrected chi connectivity index (χ2v) is 3.36. The van der Waals surface area contributed by atoms with Crippen molar-refractivity contribution in [1.29, 1.82) is 0 Å². The second-order valence-electron chi connectivity index (χ2n) is 3.36. The highest BCUT2D eigenvalue weighted by atomic mass is 16.3. The third kappa shape index (κ3) is 2.54. The number of aliphatic hydroxyl groups excluding tert-OH is 1. The van der Waals surface area contributed by atoms with E-state index in [0.717, 1.165) is 0 Å². The van der Waals surface area contributed by atoms with Crippen molar-refractivity contribution >= 4 is 0 Å². The van der Waals surface area contributed by atoms with Crippen molar-refractivity contribution in [2.45, 2.75) is 6.04 Å². The fourth-order valence-corrected chi connectivity index (χ4v) is 1.65. The molecule has 0 spiro atoms. The molecular weight excluding hydrogens is 176 g/mol. The maximum atomic E-state index is 9.17. The van der Waals surface area contributed by atoms with Crippen molar-refractivity contribution in [3.05, 3.63) is 35.9 Å². The monoisotopic (exact) mass is 194 g/mol. The Bertz CT molecular complexity index is 247. The average Bonchev–Trinajstić information content (AvgIpc) is 2.27. The van der Waals surface area contributed by atoms with Crippen molar-refractivity contribution in [3.8, 4) is 0 Å². The van der Waals surface area contributed by atoms with E-state index in [0.29, 0.717) is 6.54 Å². The lowest BCUT2D eigenvalue weighted by molar-refractivity contribution is 0.198. The van der Waals surface area contributed by atoms with Crippen LogP contribution >= 0.6 is 0 Å². The first kappa shape index (κ1) is 11.2. The quantitative estimate of drug-likeness (QED) is 0.640. The van der Waals surface area contributed by atoms with Gasteiger partial charge in [0.05, 0.1) is 0 Å². The minimum absolute atomic E-state index is 0.0717. The minimum Gasteiger partial charge on any atom is -0.396 e. The Morgan fingerprint density at radius 2 is 2.00 bits per heavy atom. The third-order valence-electron chi connectivity index (χ3n) is 2.48. The molecule has 0 radical (unpaired) electrons. The number of nitrogens with one attached hydrogen (secondary N) is 1. The zero-order chi connectivity index (χ0) is 10.4. The van der Waals surface area contributed by atoms with Crippen LogP contribution in [0, 0.1) is 5.92 Å². The van der Waals surface area contributed by atoms with Gasteiger partial charge in [0.25, 0.3) is 0 Å². The standard InChI is InChI=1S/C11H18N2O/c1-13-11(10(7-12)8-14)9-5-3-2-4-6-9/h2-6,10-11,13-14H,7-8,12H2,1H3/t10-,11+/m0/s1. The minimum atomic E-state index is 0.0717. The molecule has 0 amide bonds. The number of aliphatic hydroxyl groups is 1. The molecule has 1 rings (SSSR count). The van der Waals surface area contributed by atoms with Crippen LogP contribution in [0.1, 0.15) is 11.6 Å². The summed E-state index contributed by atoms with van der Waals surface area (Å²) < 4.78 is 0. The predicted molar refractivity (Wildman–Crippen MR) is 57.9 cm³/mol. The predicted octanol–water partition coefficient (Wildman–Crippen LogP) is 0.514. The van der Waals surface area contributed by atoms with E-state index in [2.05, 4.69) is 5.32 Å². The summed E-state index contributed by atoms with van der Waals surface area (Å²) >= 11 is 0. The Kier molecular flexibility index (Phi) is 4.59. The van der Waals surface area contributed by atoms with Crippen LogP contribution in [0.5, 0.6) is 0 Å². The number of rotatable bonds is 5. The van der Waals surface area contributed by atoms with E-state index in [-0.39, 0.29) is 18.6 Å². The molecule has 0 saturated carbocycles. The Morgan fingerprint density at radius 1 is 1.36 bits per heavy atom. The Hall–Kier alpha value is -0.900. The van der Waals surface area contributed by atoms with Crippen molar-refractivity contribution < 1.29 is 5.11 Å². The number of benzene rings is 1. The smallest absolute Gasteiger partial charge is 0.0489 e. The van der Waals surface area contributed by atoms with E-state index >= 15 is 0 Å². The SMILES string of the molecule is CN[C@H](c1ccccc1)[C@@H](CN)CO. The van der Waals surface area contributed by atoms with Crippen molar-refractivity contribution in [2.24, 2.45) is 11.7 Å². The van der Waals surface area contributed by atoms with Gasteiger partial charge in [0.15, 0.2) is 0 Å². The maximum Gasteiger partial charge on any atom is 0.0489 e. The highest BCUT2D eigenvalue weighted by Gasteiger charge is 2.18. The van der Waals surface area contributed by atoms with Crippen molar-refractivity contribution in [2.75, 3.05) is 20.2 Å². The van der Waals surface area contributed by atoms with E-state index in [1.807, 2.05) is 37.4 Å². The van der Waals surface area contributed by atoms with Crippen LogP contribution in [0.3, 0.4) is 0 Å². The molecule has 0 aliphatic carbocycles. The van der Waals surface area contributed by atoms with Gasteiger partial charge in [0.1, 0.15) is 0 Å². The van der Waals surface area contributed by atoms with Gasteiger partial charge in [-0.3, -0.25) is 0 Å². The molecule has 3 nitrogen and oxygen atoms in total. The van der Waals surface area contributed by atoms with E-state index < -0.39 is 0 Å². The molecule has 78 valence electrons. The molecule has 0 bridgehead atoms. The van der Waals surface area contributed by atoms with Gasteiger partial charge in [-0.1, -0.05) is 30.3 Å². The van der Waals surface area contributed by atoms with Gasteiger partial charge in [-0.25, -0.2) is 0 Å². The molecule has 3 heteroatoms. The average molecular weight is 194 g/mol. The molecule has 2 atom stereocenters. The first-order chi connectivity index (χ1) is 6.83. The molecular formula is C11H18N2O. The molecule has 4 N–H and O–H groups in total. The number of nitrogens with two attached hydrogens (primary N) is 1. The summed E-state index contributed by atoms with van der Waals surface area (Å²) in [5.41, 5.74) is 6.76.